The van der Waals surface area contributed by atoms with Crippen molar-refractivity contribution in [3.8, 4) is 0 Å². The van der Waals surface area contributed by atoms with E-state index < -0.39 is 26.5 Å². The molecule has 2 atom stereocenters. The molecule has 0 spiro atoms. The Hall–Kier alpha value is -2.29. The number of nitrogens with two attached hydrogens (primary N) is 1. The SMILES string of the molecule is CC/C=C\C/C=C\C/C=C\C/C=C\CCCCCCCCCCCCCCCCCCCCCCCCCCCCC(=O)OC(COC(=O)CCCCCCCCCCCCCCCCCCCCCCC/C=C\CCCCCCCCCC)COP(=O)(O)OCCN. The molecule has 3 N–H and O–H groups in total. The smallest absolute Gasteiger partial charge is 0.462 e. The van der Waals surface area contributed by atoms with E-state index >= 15 is 0 Å². The molecule has 0 fully saturated rings. The van der Waals surface area contributed by atoms with Crippen molar-refractivity contribution < 1.29 is 37.6 Å². The number of hydrogen-bond donors (Lipinski definition) is 2. The first-order valence-corrected chi connectivity index (χ1v) is 42.3. The zero-order chi connectivity index (χ0) is 67.2. The van der Waals surface area contributed by atoms with Gasteiger partial charge in [0.05, 0.1) is 13.2 Å². The summed E-state index contributed by atoms with van der Waals surface area (Å²) in [7, 11) is -4.39. The van der Waals surface area contributed by atoms with Crippen LogP contribution in [0.4, 0.5) is 0 Å². The molecule has 546 valence electrons. The highest BCUT2D eigenvalue weighted by atomic mass is 31.2. The topological polar surface area (TPSA) is 134 Å². The molecule has 0 rings (SSSR count). The Morgan fingerprint density at radius 1 is 0.333 bits per heavy atom. The number of rotatable bonds is 78. The lowest BCUT2D eigenvalue weighted by atomic mass is 10.0. The zero-order valence-corrected chi connectivity index (χ0v) is 62.7. The molecule has 0 aliphatic carbocycles. The monoisotopic (exact) mass is 1330 g/mol. The van der Waals surface area contributed by atoms with Crippen LogP contribution in [0.2, 0.25) is 0 Å². The average molecular weight is 1330 g/mol. The molecule has 93 heavy (non-hydrogen) atoms. The van der Waals surface area contributed by atoms with E-state index in [1.165, 1.54) is 334 Å². The van der Waals surface area contributed by atoms with Crippen LogP contribution in [0.25, 0.3) is 0 Å². The number of esters is 2. The lowest BCUT2D eigenvalue weighted by Crippen LogP contribution is -2.29. The van der Waals surface area contributed by atoms with Crippen LogP contribution < -0.4 is 5.73 Å². The lowest BCUT2D eigenvalue weighted by Gasteiger charge is -2.19. The Labute approximate surface area is 578 Å². The van der Waals surface area contributed by atoms with Crippen molar-refractivity contribution in [3.05, 3.63) is 60.8 Å². The van der Waals surface area contributed by atoms with Gasteiger partial charge in [-0.05, 0) is 77.0 Å². The fourth-order valence-electron chi connectivity index (χ4n) is 12.4. The molecular weight excluding hydrogens is 1170 g/mol. The molecule has 0 heterocycles. The van der Waals surface area contributed by atoms with Crippen LogP contribution in [-0.2, 0) is 32.7 Å². The van der Waals surface area contributed by atoms with Crippen LogP contribution in [0.5, 0.6) is 0 Å². The van der Waals surface area contributed by atoms with Crippen molar-refractivity contribution in [2.45, 2.75) is 431 Å². The van der Waals surface area contributed by atoms with Crippen LogP contribution in [-0.4, -0.2) is 49.3 Å². The van der Waals surface area contributed by atoms with E-state index in [0.717, 1.165) is 57.8 Å². The predicted octanol–water partition coefficient (Wildman–Crippen LogP) is 27.3. The summed E-state index contributed by atoms with van der Waals surface area (Å²) in [5.74, 6) is -0.801. The third-order valence-corrected chi connectivity index (χ3v) is 19.4. The van der Waals surface area contributed by atoms with E-state index in [1.54, 1.807) is 0 Å². The van der Waals surface area contributed by atoms with Crippen LogP contribution in [0.3, 0.4) is 0 Å². The molecule has 0 aliphatic heterocycles. The van der Waals surface area contributed by atoms with Gasteiger partial charge in [0.1, 0.15) is 6.61 Å². The molecule has 0 radical (unpaired) electrons. The molecule has 0 saturated heterocycles. The second-order valence-corrected chi connectivity index (χ2v) is 29.1. The van der Waals surface area contributed by atoms with Gasteiger partial charge in [-0.1, -0.05) is 396 Å². The van der Waals surface area contributed by atoms with Gasteiger partial charge in [-0.15, -0.1) is 0 Å². The van der Waals surface area contributed by atoms with Crippen molar-refractivity contribution >= 4 is 19.8 Å². The maximum absolute atomic E-state index is 12.8. The normalized spacial score (nSPS) is 13.1. The minimum atomic E-state index is -4.39. The van der Waals surface area contributed by atoms with Gasteiger partial charge in [0.25, 0.3) is 0 Å². The first-order valence-electron chi connectivity index (χ1n) is 40.8. The minimum absolute atomic E-state index is 0.0560. The molecule has 0 aliphatic rings. The van der Waals surface area contributed by atoms with E-state index in [0.29, 0.717) is 6.42 Å². The molecule has 0 aromatic carbocycles. The highest BCUT2D eigenvalue weighted by molar-refractivity contribution is 7.47. The van der Waals surface area contributed by atoms with Crippen LogP contribution in [0.15, 0.2) is 60.8 Å². The summed E-state index contributed by atoms with van der Waals surface area (Å²) in [5, 5.41) is 0. The van der Waals surface area contributed by atoms with E-state index in [4.69, 9.17) is 24.3 Å². The Kier molecular flexibility index (Phi) is 76.8. The quantitative estimate of drug-likeness (QED) is 0.0264. The second kappa shape index (κ2) is 78.7. The van der Waals surface area contributed by atoms with Crippen molar-refractivity contribution in [1.82, 2.24) is 0 Å². The standard InChI is InChI=1S/C83H156NO8P/c1-3-5-7-9-11-13-15-17-19-21-23-25-27-29-31-33-35-37-38-39-40-41-42-44-46-48-50-52-54-56-58-60-62-64-66-68-70-72-74-76-83(86)92-81(80-91-93(87,88)90-78-77-84)79-89-82(85)75-73-71-69-67-65-63-61-59-57-55-53-51-49-47-45-43-36-34-32-30-28-26-24-22-20-18-16-14-12-10-8-6-4-2/h5,7,11,13,17,19,22-25,81H,3-4,6,8-10,12,14-16,18,20-21,26-80,84H2,1-2H3,(H,87,88)/b7-5-,13-11-,19-17-,24-22-,25-23-. The average Bonchev–Trinajstić information content (AvgIpc) is 3.60. The van der Waals surface area contributed by atoms with Crippen LogP contribution in [0.1, 0.15) is 425 Å². The Balaban J connectivity index is 3.74. The van der Waals surface area contributed by atoms with Gasteiger partial charge in [0.2, 0.25) is 0 Å². The van der Waals surface area contributed by atoms with E-state index in [-0.39, 0.29) is 38.6 Å². The van der Waals surface area contributed by atoms with Gasteiger partial charge < -0.3 is 20.1 Å². The fourth-order valence-corrected chi connectivity index (χ4v) is 13.2. The summed E-state index contributed by atoms with van der Waals surface area (Å²) < 4.78 is 33.3. The summed E-state index contributed by atoms with van der Waals surface area (Å²) in [6, 6.07) is 0. The largest absolute Gasteiger partial charge is 0.472 e. The van der Waals surface area contributed by atoms with Crippen molar-refractivity contribution in [2.24, 2.45) is 5.73 Å². The van der Waals surface area contributed by atoms with E-state index in [9.17, 15) is 19.0 Å². The number of carbonyl (C=O) groups is 2. The summed E-state index contributed by atoms with van der Waals surface area (Å²) in [5.41, 5.74) is 5.42. The lowest BCUT2D eigenvalue weighted by molar-refractivity contribution is -0.161. The van der Waals surface area contributed by atoms with Gasteiger partial charge in [-0.2, -0.15) is 0 Å². The molecule has 0 saturated carbocycles. The van der Waals surface area contributed by atoms with Crippen molar-refractivity contribution in [2.75, 3.05) is 26.4 Å². The predicted molar refractivity (Wildman–Crippen MR) is 404 cm³/mol. The second-order valence-electron chi connectivity index (χ2n) is 27.6. The molecule has 10 heteroatoms. The van der Waals surface area contributed by atoms with Crippen molar-refractivity contribution in [3.63, 3.8) is 0 Å². The fraction of sp³-hybridized carbons (Fsp3) is 0.855. The third kappa shape index (κ3) is 78.6. The number of hydrogen-bond acceptors (Lipinski definition) is 8. The van der Waals surface area contributed by atoms with E-state index in [1.807, 2.05) is 0 Å². The maximum Gasteiger partial charge on any atom is 0.472 e. The van der Waals surface area contributed by atoms with Gasteiger partial charge in [0, 0.05) is 19.4 Å². The molecular formula is C83H156NO8P. The van der Waals surface area contributed by atoms with E-state index in [2.05, 4.69) is 74.6 Å². The van der Waals surface area contributed by atoms with Crippen molar-refractivity contribution in [1.29, 1.82) is 0 Å². The third-order valence-electron chi connectivity index (χ3n) is 18.4. The molecule has 9 nitrogen and oxygen atoms in total. The Morgan fingerprint density at radius 2 is 0.591 bits per heavy atom. The molecule has 0 aromatic heterocycles. The summed E-state index contributed by atoms with van der Waals surface area (Å²) in [4.78, 5) is 35.5. The highest BCUT2D eigenvalue weighted by Crippen LogP contribution is 2.43. The summed E-state index contributed by atoms with van der Waals surface area (Å²) in [6.45, 7) is 3.71. The van der Waals surface area contributed by atoms with Gasteiger partial charge >= 0.3 is 19.8 Å². The number of phosphoric ester groups is 1. The molecule has 0 aromatic rings. The number of unbranched alkanes of at least 4 members (excludes halogenated alkanes) is 55. The zero-order valence-electron chi connectivity index (χ0n) is 61.8. The maximum atomic E-state index is 12.8. The summed E-state index contributed by atoms with van der Waals surface area (Å²) >= 11 is 0. The number of ether oxygens (including phenoxy) is 2. The molecule has 0 amide bonds. The van der Waals surface area contributed by atoms with Gasteiger partial charge in [-0.3, -0.25) is 18.6 Å². The first kappa shape index (κ1) is 90.7. The highest BCUT2D eigenvalue weighted by Gasteiger charge is 2.26. The van der Waals surface area contributed by atoms with Gasteiger partial charge in [0.15, 0.2) is 6.10 Å². The summed E-state index contributed by atoms with van der Waals surface area (Å²) in [6.07, 6.45) is 104. The molecule has 2 unspecified atom stereocenters. The minimum Gasteiger partial charge on any atom is -0.462 e. The number of allylic oxidation sites excluding steroid dienone is 10. The molecule has 0 bridgehead atoms. The first-order chi connectivity index (χ1) is 45.8. The Bertz CT molecular complexity index is 1710. The number of phosphoric acid groups is 1. The van der Waals surface area contributed by atoms with Crippen LogP contribution in [0, 0.1) is 0 Å². The number of carbonyl (C=O) groups excluding carboxylic acids is 2. The van der Waals surface area contributed by atoms with Gasteiger partial charge in [-0.25, -0.2) is 4.57 Å². The van der Waals surface area contributed by atoms with Crippen LogP contribution >= 0.6 is 7.82 Å². The Morgan fingerprint density at radius 3 is 0.892 bits per heavy atom.